The third-order valence-electron chi connectivity index (χ3n) is 3.46. The predicted molar refractivity (Wildman–Crippen MR) is 98.8 cm³/mol. The maximum atomic E-state index is 12.2. The molecular formula is C18H20Cl2N2O3. The smallest absolute Gasteiger partial charge is 0.271 e. The molecule has 2 rings (SSSR count). The summed E-state index contributed by atoms with van der Waals surface area (Å²) in [5, 5.41) is 3.23. The van der Waals surface area contributed by atoms with Gasteiger partial charge >= 0.3 is 0 Å². The molecule has 2 aromatic rings. The zero-order chi connectivity index (χ0) is 18.2. The van der Waals surface area contributed by atoms with Gasteiger partial charge in [0, 0.05) is 6.54 Å². The molecule has 1 aromatic carbocycles. The van der Waals surface area contributed by atoms with Gasteiger partial charge in [-0.15, -0.1) is 0 Å². The summed E-state index contributed by atoms with van der Waals surface area (Å²) in [7, 11) is 1.58. The highest BCUT2D eigenvalue weighted by Crippen LogP contribution is 2.28. The van der Waals surface area contributed by atoms with Gasteiger partial charge in [-0.25, -0.2) is 4.98 Å². The number of nitrogens with zero attached hydrogens (tertiary/aromatic N) is 1. The van der Waals surface area contributed by atoms with Crippen LogP contribution >= 0.6 is 23.2 Å². The van der Waals surface area contributed by atoms with Crippen LogP contribution in [0.5, 0.6) is 11.5 Å². The topological polar surface area (TPSA) is 60.5 Å². The molecule has 0 aliphatic carbocycles. The number of benzene rings is 1. The Hall–Kier alpha value is -1.98. The normalized spacial score (nSPS) is 10.4. The lowest BCUT2D eigenvalue weighted by Gasteiger charge is -2.12. The Morgan fingerprint density at radius 3 is 2.72 bits per heavy atom. The van der Waals surface area contributed by atoms with Crippen LogP contribution in [-0.4, -0.2) is 24.6 Å². The summed E-state index contributed by atoms with van der Waals surface area (Å²) >= 11 is 11.8. The van der Waals surface area contributed by atoms with Gasteiger partial charge in [0.1, 0.15) is 10.8 Å². The molecule has 5 nitrogen and oxygen atoms in total. The molecule has 25 heavy (non-hydrogen) atoms. The van der Waals surface area contributed by atoms with Crippen LogP contribution in [0.25, 0.3) is 0 Å². The van der Waals surface area contributed by atoms with E-state index < -0.39 is 5.91 Å². The van der Waals surface area contributed by atoms with E-state index in [-0.39, 0.29) is 15.9 Å². The van der Waals surface area contributed by atoms with Gasteiger partial charge in [0.25, 0.3) is 5.91 Å². The number of carbonyl (C=O) groups is 1. The van der Waals surface area contributed by atoms with Crippen molar-refractivity contribution in [2.24, 2.45) is 0 Å². The van der Waals surface area contributed by atoms with Gasteiger partial charge in [-0.1, -0.05) is 42.6 Å². The molecule has 0 radical (unpaired) electrons. The van der Waals surface area contributed by atoms with Gasteiger partial charge in [-0.3, -0.25) is 4.79 Å². The number of ether oxygens (including phenoxy) is 2. The van der Waals surface area contributed by atoms with Crippen LogP contribution in [-0.2, 0) is 6.54 Å². The fourth-order valence-electron chi connectivity index (χ4n) is 2.11. The molecule has 0 aliphatic rings. The van der Waals surface area contributed by atoms with E-state index in [1.165, 1.54) is 12.1 Å². The van der Waals surface area contributed by atoms with Crippen molar-refractivity contribution in [3.8, 4) is 11.5 Å². The van der Waals surface area contributed by atoms with Crippen LogP contribution in [0.15, 0.2) is 30.3 Å². The SMILES string of the molecule is CCCCOc1ccc(CNC(=O)c2nc(Cl)ccc2Cl)cc1OC. The van der Waals surface area contributed by atoms with E-state index >= 15 is 0 Å². The van der Waals surface area contributed by atoms with Crippen molar-refractivity contribution in [2.75, 3.05) is 13.7 Å². The Labute approximate surface area is 157 Å². The zero-order valence-electron chi connectivity index (χ0n) is 14.1. The van der Waals surface area contributed by atoms with Gasteiger partial charge in [-0.05, 0) is 36.2 Å². The molecule has 134 valence electrons. The summed E-state index contributed by atoms with van der Waals surface area (Å²) in [4.78, 5) is 16.2. The van der Waals surface area contributed by atoms with Crippen molar-refractivity contribution in [3.63, 3.8) is 0 Å². The van der Waals surface area contributed by atoms with Gasteiger partial charge in [0.15, 0.2) is 11.5 Å². The monoisotopic (exact) mass is 382 g/mol. The number of aromatic nitrogens is 1. The van der Waals surface area contributed by atoms with Crippen molar-refractivity contribution >= 4 is 29.1 Å². The molecule has 0 aliphatic heterocycles. The average Bonchev–Trinajstić information content (AvgIpc) is 2.62. The molecule has 0 spiro atoms. The van der Waals surface area contributed by atoms with Crippen molar-refractivity contribution in [1.29, 1.82) is 0 Å². The molecule has 0 unspecified atom stereocenters. The first kappa shape index (κ1) is 19.3. The fraction of sp³-hybridized carbons (Fsp3) is 0.333. The molecule has 1 N–H and O–H groups in total. The van der Waals surface area contributed by atoms with E-state index in [0.717, 1.165) is 18.4 Å². The highest BCUT2D eigenvalue weighted by atomic mass is 35.5. The van der Waals surface area contributed by atoms with Crippen molar-refractivity contribution in [3.05, 3.63) is 51.8 Å². The molecule has 7 heteroatoms. The van der Waals surface area contributed by atoms with Crippen molar-refractivity contribution < 1.29 is 14.3 Å². The van der Waals surface area contributed by atoms with Gasteiger partial charge < -0.3 is 14.8 Å². The van der Waals surface area contributed by atoms with Crippen LogP contribution in [0.1, 0.15) is 35.8 Å². The van der Waals surface area contributed by atoms with Crippen LogP contribution in [0.3, 0.4) is 0 Å². The third kappa shape index (κ3) is 5.51. The van der Waals surface area contributed by atoms with Gasteiger partial charge in [0.05, 0.1) is 18.7 Å². The maximum Gasteiger partial charge on any atom is 0.271 e. The lowest BCUT2D eigenvalue weighted by atomic mass is 10.2. The van der Waals surface area contributed by atoms with Crippen LogP contribution in [0.4, 0.5) is 0 Å². The van der Waals surface area contributed by atoms with Crippen molar-refractivity contribution in [2.45, 2.75) is 26.3 Å². The second kappa shape index (κ2) is 9.49. The lowest BCUT2D eigenvalue weighted by molar-refractivity contribution is 0.0946. The van der Waals surface area contributed by atoms with E-state index in [9.17, 15) is 4.79 Å². The van der Waals surface area contributed by atoms with Crippen LogP contribution < -0.4 is 14.8 Å². The fourth-order valence-corrected chi connectivity index (χ4v) is 2.45. The Bertz CT molecular complexity index is 738. The summed E-state index contributed by atoms with van der Waals surface area (Å²) in [6, 6.07) is 8.60. The molecular weight excluding hydrogens is 363 g/mol. The van der Waals surface area contributed by atoms with Crippen LogP contribution in [0, 0.1) is 0 Å². The molecule has 1 amide bonds. The number of amides is 1. The first-order valence-electron chi connectivity index (χ1n) is 7.95. The van der Waals surface area contributed by atoms with Gasteiger partial charge in [0.2, 0.25) is 0 Å². The average molecular weight is 383 g/mol. The second-order valence-electron chi connectivity index (χ2n) is 5.33. The van der Waals surface area contributed by atoms with E-state index in [4.69, 9.17) is 32.7 Å². The standard InChI is InChI=1S/C18H20Cl2N2O3/c1-3-4-9-25-14-7-5-12(10-15(14)24-2)11-21-18(23)17-13(19)6-8-16(20)22-17/h5-8,10H,3-4,9,11H2,1-2H3,(H,21,23). The quantitative estimate of drug-likeness (QED) is 0.538. The summed E-state index contributed by atoms with van der Waals surface area (Å²) in [6.07, 6.45) is 2.04. The Morgan fingerprint density at radius 2 is 2.00 bits per heavy atom. The van der Waals surface area contributed by atoms with E-state index in [1.807, 2.05) is 18.2 Å². The second-order valence-corrected chi connectivity index (χ2v) is 6.13. The largest absolute Gasteiger partial charge is 0.493 e. The summed E-state index contributed by atoms with van der Waals surface area (Å²) < 4.78 is 11.0. The zero-order valence-corrected chi connectivity index (χ0v) is 15.7. The number of pyridine rings is 1. The lowest BCUT2D eigenvalue weighted by Crippen LogP contribution is -2.24. The number of nitrogens with one attached hydrogen (secondary N) is 1. The number of rotatable bonds is 8. The Balaban J connectivity index is 2.02. The number of hydrogen-bond acceptors (Lipinski definition) is 4. The van der Waals surface area contributed by atoms with Crippen LogP contribution in [0.2, 0.25) is 10.2 Å². The molecule has 1 aromatic heterocycles. The molecule has 1 heterocycles. The highest BCUT2D eigenvalue weighted by molar-refractivity contribution is 6.34. The molecule has 0 saturated heterocycles. The maximum absolute atomic E-state index is 12.2. The van der Waals surface area contributed by atoms with Crippen molar-refractivity contribution in [1.82, 2.24) is 10.3 Å². The summed E-state index contributed by atoms with van der Waals surface area (Å²) in [5.74, 6) is 0.919. The van der Waals surface area contributed by atoms with E-state index in [1.54, 1.807) is 7.11 Å². The van der Waals surface area contributed by atoms with Gasteiger partial charge in [-0.2, -0.15) is 0 Å². The minimum Gasteiger partial charge on any atom is -0.493 e. The Morgan fingerprint density at radius 1 is 1.20 bits per heavy atom. The minimum atomic E-state index is -0.394. The van der Waals surface area contributed by atoms with E-state index in [0.29, 0.717) is 24.7 Å². The molecule has 0 bridgehead atoms. The first-order valence-corrected chi connectivity index (χ1v) is 8.70. The number of unbranched alkanes of at least 4 members (excludes halogenated alkanes) is 1. The number of carbonyl (C=O) groups excluding carboxylic acids is 1. The number of halogens is 2. The number of methoxy groups -OCH3 is 1. The molecule has 0 saturated carbocycles. The summed E-state index contributed by atoms with van der Waals surface area (Å²) in [6.45, 7) is 3.05. The third-order valence-corrected chi connectivity index (χ3v) is 3.98. The highest BCUT2D eigenvalue weighted by Gasteiger charge is 2.13. The molecule has 0 fully saturated rings. The first-order chi connectivity index (χ1) is 12.0. The number of hydrogen-bond donors (Lipinski definition) is 1. The predicted octanol–water partition coefficient (Wildman–Crippen LogP) is 4.51. The minimum absolute atomic E-state index is 0.0978. The van der Waals surface area contributed by atoms with E-state index in [2.05, 4.69) is 17.2 Å². The summed E-state index contributed by atoms with van der Waals surface area (Å²) in [5.41, 5.74) is 0.965. The molecule has 0 atom stereocenters. The Kier molecular flexibility index (Phi) is 7.34.